The van der Waals surface area contributed by atoms with Crippen molar-refractivity contribution in [3.8, 4) is 11.5 Å². The number of amides is 3. The number of hydrogen-bond acceptors (Lipinski definition) is 6. The van der Waals surface area contributed by atoms with Crippen LogP contribution in [0.4, 0.5) is 11.4 Å². The average Bonchev–Trinajstić information content (AvgIpc) is 3.36. The van der Waals surface area contributed by atoms with Gasteiger partial charge in [-0.05, 0) is 68.7 Å². The van der Waals surface area contributed by atoms with E-state index in [1.54, 1.807) is 43.3 Å². The molecule has 1 aliphatic carbocycles. The minimum atomic E-state index is -0.670. The lowest BCUT2D eigenvalue weighted by atomic mass is 9.82. The summed E-state index contributed by atoms with van der Waals surface area (Å²) in [5.41, 5.74) is 2.77. The third-order valence-electron chi connectivity index (χ3n) is 7.34. The number of anilines is 2. The molecule has 37 heavy (non-hydrogen) atoms. The Morgan fingerprint density at radius 2 is 1.73 bits per heavy atom. The predicted octanol–water partition coefficient (Wildman–Crippen LogP) is 4.46. The molecular weight excluding hydrogens is 496 g/mol. The number of esters is 1. The molecule has 0 radical (unpaired) electrons. The molecule has 8 nitrogen and oxygen atoms in total. The van der Waals surface area contributed by atoms with E-state index in [-0.39, 0.29) is 48.3 Å². The molecule has 0 saturated carbocycles. The summed E-state index contributed by atoms with van der Waals surface area (Å²) in [5, 5.41) is 0.450. The first-order valence-electron chi connectivity index (χ1n) is 12.2. The first-order valence-corrected chi connectivity index (χ1v) is 12.6. The minimum absolute atomic E-state index is 0.00141. The molecule has 2 aliphatic heterocycles. The van der Waals surface area contributed by atoms with Gasteiger partial charge in [0, 0.05) is 18.0 Å². The minimum Gasteiger partial charge on any atom is -0.495 e. The number of methoxy groups -OCH3 is 1. The number of aryl methyl sites for hydroxylation is 1. The van der Waals surface area contributed by atoms with Gasteiger partial charge in [0.25, 0.3) is 0 Å². The van der Waals surface area contributed by atoms with Gasteiger partial charge in [0.15, 0.2) is 0 Å². The van der Waals surface area contributed by atoms with Crippen LogP contribution in [-0.4, -0.2) is 37.3 Å². The van der Waals surface area contributed by atoms with E-state index in [1.807, 2.05) is 13.0 Å². The highest BCUT2D eigenvalue weighted by molar-refractivity contribution is 6.31. The van der Waals surface area contributed by atoms with Gasteiger partial charge in [0.2, 0.25) is 17.7 Å². The van der Waals surface area contributed by atoms with Gasteiger partial charge in [-0.2, -0.15) is 0 Å². The van der Waals surface area contributed by atoms with Crippen molar-refractivity contribution < 1.29 is 28.7 Å². The highest BCUT2D eigenvalue weighted by atomic mass is 35.5. The second kappa shape index (κ2) is 9.67. The molecule has 2 saturated heterocycles. The number of halogens is 1. The second-order valence-corrected chi connectivity index (χ2v) is 10.2. The number of rotatable bonds is 5. The van der Waals surface area contributed by atoms with Crippen molar-refractivity contribution in [2.45, 2.75) is 33.1 Å². The maximum atomic E-state index is 13.1. The maximum absolute atomic E-state index is 13.1. The van der Waals surface area contributed by atoms with Crippen molar-refractivity contribution in [3.63, 3.8) is 0 Å². The summed E-state index contributed by atoms with van der Waals surface area (Å²) in [4.78, 5) is 54.5. The lowest BCUT2D eigenvalue weighted by molar-refractivity contribution is -0.139. The summed E-state index contributed by atoms with van der Waals surface area (Å²) in [6.45, 7) is 3.89. The number of carbonyl (C=O) groups excluding carboxylic acids is 4. The van der Waals surface area contributed by atoms with Gasteiger partial charge in [-0.15, -0.1) is 0 Å². The zero-order valence-electron chi connectivity index (χ0n) is 20.8. The zero-order valence-corrected chi connectivity index (χ0v) is 21.6. The highest BCUT2D eigenvalue weighted by Crippen LogP contribution is 2.41. The Labute approximate surface area is 219 Å². The normalized spacial score (nSPS) is 23.3. The van der Waals surface area contributed by atoms with E-state index in [9.17, 15) is 19.2 Å². The Bertz CT molecular complexity index is 1350. The fourth-order valence-electron chi connectivity index (χ4n) is 5.39. The molecular formula is C28H27ClN2O6. The molecule has 0 aromatic heterocycles. The summed E-state index contributed by atoms with van der Waals surface area (Å²) in [7, 11) is 1.50. The van der Waals surface area contributed by atoms with Crippen LogP contribution in [0.15, 0.2) is 48.0 Å². The van der Waals surface area contributed by atoms with Crippen molar-refractivity contribution in [2.75, 3.05) is 23.5 Å². The molecule has 2 aromatic carbocycles. The molecule has 2 fully saturated rings. The third kappa shape index (κ3) is 4.50. The van der Waals surface area contributed by atoms with Gasteiger partial charge in [-0.3, -0.25) is 19.2 Å². The summed E-state index contributed by atoms with van der Waals surface area (Å²) in [6, 6.07) is 9.80. The van der Waals surface area contributed by atoms with Gasteiger partial charge < -0.3 is 14.4 Å². The first-order chi connectivity index (χ1) is 17.7. The van der Waals surface area contributed by atoms with Gasteiger partial charge in [0.05, 0.1) is 36.2 Å². The fourth-order valence-corrected chi connectivity index (χ4v) is 5.56. The van der Waals surface area contributed by atoms with Crippen molar-refractivity contribution in [2.24, 2.45) is 17.8 Å². The molecule has 3 atom stereocenters. The van der Waals surface area contributed by atoms with Crippen molar-refractivity contribution in [1.29, 1.82) is 0 Å². The van der Waals surface area contributed by atoms with Crippen LogP contribution in [0.1, 0.15) is 31.7 Å². The van der Waals surface area contributed by atoms with E-state index in [0.29, 0.717) is 40.6 Å². The van der Waals surface area contributed by atoms with E-state index in [2.05, 4.69) is 0 Å². The summed E-state index contributed by atoms with van der Waals surface area (Å²) >= 11 is 6.11. The maximum Gasteiger partial charge on any atom is 0.316 e. The van der Waals surface area contributed by atoms with E-state index in [4.69, 9.17) is 21.1 Å². The number of ether oxygens (including phenoxy) is 2. The Morgan fingerprint density at radius 3 is 2.46 bits per heavy atom. The summed E-state index contributed by atoms with van der Waals surface area (Å²) in [6.07, 6.45) is 3.20. The van der Waals surface area contributed by atoms with Gasteiger partial charge in [-0.1, -0.05) is 23.3 Å². The highest BCUT2D eigenvalue weighted by Gasteiger charge is 2.49. The molecule has 3 amide bonds. The van der Waals surface area contributed by atoms with Crippen LogP contribution < -0.4 is 19.3 Å². The van der Waals surface area contributed by atoms with Crippen molar-refractivity contribution >= 4 is 46.7 Å². The van der Waals surface area contributed by atoms with Crippen LogP contribution in [0, 0.1) is 24.7 Å². The Kier molecular flexibility index (Phi) is 6.54. The Balaban J connectivity index is 1.29. The molecule has 9 heteroatoms. The topological polar surface area (TPSA) is 93.2 Å². The molecule has 0 N–H and O–H groups in total. The standard InChI is InChI=1S/C28H27ClN2O6/c1-15-4-7-20-21(10-15)27(34)31(26(20)33)22-8-6-19(11-16(22)2)37-28(35)17-12-25(32)30(14-17)23-13-18(29)5-9-24(23)36-3/h4-6,8-9,11,13,17,20-21H,7,10,12,14H2,1-3H3/t17-,20+,21-/m1/s1. The molecule has 0 unspecified atom stereocenters. The predicted molar refractivity (Wildman–Crippen MR) is 138 cm³/mol. The summed E-state index contributed by atoms with van der Waals surface area (Å²) < 4.78 is 10.9. The van der Waals surface area contributed by atoms with Crippen molar-refractivity contribution in [3.05, 3.63) is 58.6 Å². The van der Waals surface area contributed by atoms with Crippen LogP contribution in [0.25, 0.3) is 0 Å². The van der Waals surface area contributed by atoms with E-state index >= 15 is 0 Å². The zero-order chi connectivity index (χ0) is 26.4. The first kappa shape index (κ1) is 25.0. The number of fused-ring (bicyclic) bond motifs is 1. The molecule has 192 valence electrons. The van der Waals surface area contributed by atoms with Crippen LogP contribution in [0.3, 0.4) is 0 Å². The number of nitrogens with zero attached hydrogens (tertiary/aromatic N) is 2. The van der Waals surface area contributed by atoms with Crippen molar-refractivity contribution in [1.82, 2.24) is 0 Å². The average molecular weight is 523 g/mol. The van der Waals surface area contributed by atoms with Crippen LogP contribution >= 0.6 is 11.6 Å². The van der Waals surface area contributed by atoms with Gasteiger partial charge >= 0.3 is 5.97 Å². The lowest BCUT2D eigenvalue weighted by Gasteiger charge is -2.20. The van der Waals surface area contributed by atoms with Crippen LogP contribution in [-0.2, 0) is 19.2 Å². The number of carbonyl (C=O) groups is 4. The smallest absolute Gasteiger partial charge is 0.316 e. The molecule has 5 rings (SSSR count). The lowest BCUT2D eigenvalue weighted by Crippen LogP contribution is -2.31. The third-order valence-corrected chi connectivity index (χ3v) is 7.58. The Hall–Kier alpha value is -3.65. The molecule has 0 bridgehead atoms. The molecule has 2 heterocycles. The van der Waals surface area contributed by atoms with Crippen LogP contribution in [0.5, 0.6) is 11.5 Å². The number of hydrogen-bond donors (Lipinski definition) is 0. The largest absolute Gasteiger partial charge is 0.495 e. The summed E-state index contributed by atoms with van der Waals surface area (Å²) in [5.74, 6) is -1.69. The molecule has 3 aliphatic rings. The SMILES string of the molecule is COc1ccc(Cl)cc1N1C[C@H](C(=O)Oc2ccc(N3C(=O)[C@H]4CC=C(C)C[C@H]4C3=O)c(C)c2)CC1=O. The van der Waals surface area contributed by atoms with E-state index < -0.39 is 11.9 Å². The number of benzene rings is 2. The van der Waals surface area contributed by atoms with Gasteiger partial charge in [-0.25, -0.2) is 4.90 Å². The fraction of sp³-hybridized carbons (Fsp3) is 0.357. The Morgan fingerprint density at radius 1 is 0.973 bits per heavy atom. The second-order valence-electron chi connectivity index (χ2n) is 9.81. The van der Waals surface area contributed by atoms with Crippen LogP contribution in [0.2, 0.25) is 5.02 Å². The number of allylic oxidation sites excluding steroid dienone is 2. The van der Waals surface area contributed by atoms with E-state index in [0.717, 1.165) is 5.57 Å². The van der Waals surface area contributed by atoms with Gasteiger partial charge in [0.1, 0.15) is 11.5 Å². The number of imide groups is 1. The monoisotopic (exact) mass is 522 g/mol. The quantitative estimate of drug-likeness (QED) is 0.249. The molecule has 0 spiro atoms. The molecule has 2 aromatic rings. The van der Waals surface area contributed by atoms with E-state index in [1.165, 1.54) is 16.9 Å².